The Morgan fingerprint density at radius 3 is 2.17 bits per heavy atom. The van der Waals surface area contributed by atoms with Gasteiger partial charge in [0.25, 0.3) is 0 Å². The highest BCUT2D eigenvalue weighted by Crippen LogP contribution is 2.37. The monoisotopic (exact) mass is 340 g/mol. The van der Waals surface area contributed by atoms with Crippen molar-refractivity contribution in [2.24, 2.45) is 0 Å². The molecule has 0 aliphatic rings. The maximum Gasteiger partial charge on any atom is 0.192 e. The van der Waals surface area contributed by atoms with E-state index >= 15 is 0 Å². The Kier molecular flexibility index (Phi) is 6.98. The second-order valence-corrected chi connectivity index (χ2v) is 12.7. The average Bonchev–Trinajstić information content (AvgIpc) is 2.45. The molecule has 0 saturated carbocycles. The lowest BCUT2D eigenvalue weighted by Gasteiger charge is -2.39. The first-order valence-corrected chi connectivity index (χ1v) is 11.0. The summed E-state index contributed by atoms with van der Waals surface area (Å²) in [6, 6.07) is 9.76. The minimum absolute atomic E-state index is 0.0673. The Bertz CT molecular complexity index is 466. The summed E-state index contributed by atoms with van der Waals surface area (Å²) in [5.41, 5.74) is -0.288. The Hall–Kier alpha value is -0.723. The zero-order chi connectivity index (χ0) is 17.7. The van der Waals surface area contributed by atoms with Crippen molar-refractivity contribution in [3.05, 3.63) is 35.9 Å². The second kappa shape index (κ2) is 7.90. The maximum absolute atomic E-state index is 10.5. The van der Waals surface area contributed by atoms with E-state index in [0.29, 0.717) is 6.61 Å². The fraction of sp³-hybridized carbons (Fsp3) is 0.667. The number of aliphatic hydroxyl groups excluding tert-OH is 1. The first-order chi connectivity index (χ1) is 10.5. The van der Waals surface area contributed by atoms with E-state index in [1.54, 1.807) is 6.92 Å². The Balaban J connectivity index is 2.45. The third-order valence-corrected chi connectivity index (χ3v) is 9.11. The predicted molar refractivity (Wildman–Crippen MR) is 95.9 cm³/mol. The van der Waals surface area contributed by atoms with Crippen LogP contribution in [-0.4, -0.2) is 43.4 Å². The highest BCUT2D eigenvalue weighted by molar-refractivity contribution is 6.74. The number of aliphatic hydroxyl groups is 2. The number of rotatable bonds is 8. The van der Waals surface area contributed by atoms with Gasteiger partial charge in [0.2, 0.25) is 0 Å². The molecule has 2 atom stereocenters. The molecule has 2 N–H and O–H groups in total. The van der Waals surface area contributed by atoms with Gasteiger partial charge in [0, 0.05) is 0 Å². The molecule has 0 amide bonds. The lowest BCUT2D eigenvalue weighted by molar-refractivity contribution is -0.118. The third kappa shape index (κ3) is 6.35. The summed E-state index contributed by atoms with van der Waals surface area (Å²) in [4.78, 5) is 0. The van der Waals surface area contributed by atoms with Crippen molar-refractivity contribution in [3.8, 4) is 0 Å². The molecular formula is C18H32O4Si. The van der Waals surface area contributed by atoms with Crippen molar-refractivity contribution in [2.45, 2.75) is 64.1 Å². The minimum atomic E-state index is -1.96. The molecule has 0 unspecified atom stereocenters. The van der Waals surface area contributed by atoms with Crippen LogP contribution in [0.2, 0.25) is 18.1 Å². The van der Waals surface area contributed by atoms with Gasteiger partial charge in [0.1, 0.15) is 11.7 Å². The van der Waals surface area contributed by atoms with Crippen molar-refractivity contribution in [2.75, 3.05) is 13.2 Å². The van der Waals surface area contributed by atoms with E-state index in [0.717, 1.165) is 5.56 Å². The van der Waals surface area contributed by atoms with E-state index in [9.17, 15) is 10.2 Å². The zero-order valence-electron chi connectivity index (χ0n) is 15.3. The van der Waals surface area contributed by atoms with Crippen molar-refractivity contribution >= 4 is 8.32 Å². The van der Waals surface area contributed by atoms with Crippen LogP contribution < -0.4 is 0 Å². The van der Waals surface area contributed by atoms with Crippen LogP contribution in [0.3, 0.4) is 0 Å². The van der Waals surface area contributed by atoms with Gasteiger partial charge in [0.15, 0.2) is 8.32 Å². The van der Waals surface area contributed by atoms with Crippen molar-refractivity contribution in [1.29, 1.82) is 0 Å². The summed E-state index contributed by atoms with van der Waals surface area (Å²) in [5, 5.41) is 20.8. The van der Waals surface area contributed by atoms with E-state index in [1.165, 1.54) is 0 Å². The molecule has 0 aliphatic carbocycles. The first-order valence-electron chi connectivity index (χ1n) is 8.12. The van der Waals surface area contributed by atoms with Crippen LogP contribution in [0, 0.1) is 0 Å². The molecule has 0 fully saturated rings. The minimum Gasteiger partial charge on any atom is -0.414 e. The lowest BCUT2D eigenvalue weighted by Crippen LogP contribution is -2.51. The standard InChI is InChI=1S/C18H32O4Si/c1-17(2,3)23(5,6)22-14-18(4,20)16(19)13-21-12-15-10-8-7-9-11-15/h7-11,16,19-20H,12-14H2,1-6H3/t16-,18-/m0/s1. The molecule has 1 aromatic carbocycles. The van der Waals surface area contributed by atoms with Crippen molar-refractivity contribution < 1.29 is 19.4 Å². The summed E-state index contributed by atoms with van der Waals surface area (Å²) >= 11 is 0. The molecular weight excluding hydrogens is 308 g/mol. The number of hydrogen-bond acceptors (Lipinski definition) is 4. The normalized spacial score (nSPS) is 16.9. The fourth-order valence-electron chi connectivity index (χ4n) is 1.68. The van der Waals surface area contributed by atoms with Gasteiger partial charge < -0.3 is 19.4 Å². The summed E-state index contributed by atoms with van der Waals surface area (Å²) in [6.07, 6.45) is -0.990. The summed E-state index contributed by atoms with van der Waals surface area (Å²) < 4.78 is 11.5. The van der Waals surface area contributed by atoms with E-state index in [-0.39, 0.29) is 18.3 Å². The van der Waals surface area contributed by atoms with Crippen LogP contribution in [-0.2, 0) is 15.8 Å². The largest absolute Gasteiger partial charge is 0.414 e. The number of hydrogen-bond donors (Lipinski definition) is 2. The summed E-state index contributed by atoms with van der Waals surface area (Å²) in [7, 11) is -1.96. The Labute approximate surface area is 141 Å². The van der Waals surface area contributed by atoms with Crippen LogP contribution in [0.5, 0.6) is 0 Å². The zero-order valence-corrected chi connectivity index (χ0v) is 16.3. The summed E-state index contributed by atoms with van der Waals surface area (Å²) in [6.45, 7) is 12.9. The van der Waals surface area contributed by atoms with Crippen molar-refractivity contribution in [1.82, 2.24) is 0 Å². The smallest absolute Gasteiger partial charge is 0.192 e. The molecule has 0 saturated heterocycles. The highest BCUT2D eigenvalue weighted by atomic mass is 28.4. The van der Waals surface area contributed by atoms with Gasteiger partial charge >= 0.3 is 0 Å². The van der Waals surface area contributed by atoms with Crippen LogP contribution in [0.15, 0.2) is 30.3 Å². The topological polar surface area (TPSA) is 58.9 Å². The van der Waals surface area contributed by atoms with Gasteiger partial charge in [0.05, 0.1) is 19.8 Å². The van der Waals surface area contributed by atoms with E-state index < -0.39 is 20.0 Å². The van der Waals surface area contributed by atoms with Gasteiger partial charge in [-0.3, -0.25) is 0 Å². The average molecular weight is 341 g/mol. The maximum atomic E-state index is 10.5. The van der Waals surface area contributed by atoms with Crippen molar-refractivity contribution in [3.63, 3.8) is 0 Å². The quantitative estimate of drug-likeness (QED) is 0.713. The summed E-state index contributed by atoms with van der Waals surface area (Å²) in [5.74, 6) is 0. The lowest BCUT2D eigenvalue weighted by atomic mass is 10.0. The Morgan fingerprint density at radius 2 is 1.65 bits per heavy atom. The van der Waals surface area contributed by atoms with Crippen LogP contribution in [0.4, 0.5) is 0 Å². The van der Waals surface area contributed by atoms with Crippen LogP contribution in [0.25, 0.3) is 0 Å². The second-order valence-electron chi connectivity index (χ2n) is 7.92. The van der Waals surface area contributed by atoms with E-state index in [4.69, 9.17) is 9.16 Å². The number of benzene rings is 1. The van der Waals surface area contributed by atoms with E-state index in [1.807, 2.05) is 30.3 Å². The molecule has 132 valence electrons. The number of ether oxygens (including phenoxy) is 1. The van der Waals surface area contributed by atoms with Gasteiger partial charge in [-0.1, -0.05) is 51.1 Å². The molecule has 23 heavy (non-hydrogen) atoms. The Morgan fingerprint density at radius 1 is 1.09 bits per heavy atom. The predicted octanol–water partition coefficient (Wildman–Crippen LogP) is 3.34. The van der Waals surface area contributed by atoms with Gasteiger partial charge in [-0.2, -0.15) is 0 Å². The SMILES string of the molecule is CC(C)(C)[Si](C)(C)OC[C@](C)(O)[C@@H](O)COCc1ccccc1. The molecule has 0 heterocycles. The fourth-order valence-corrected chi connectivity index (χ4v) is 2.77. The molecule has 0 bridgehead atoms. The van der Waals surface area contributed by atoms with E-state index in [2.05, 4.69) is 33.9 Å². The molecule has 4 nitrogen and oxygen atoms in total. The molecule has 0 aromatic heterocycles. The van der Waals surface area contributed by atoms with Gasteiger partial charge in [-0.25, -0.2) is 0 Å². The molecule has 5 heteroatoms. The molecule has 0 radical (unpaired) electrons. The molecule has 1 aromatic rings. The molecule has 0 spiro atoms. The van der Waals surface area contributed by atoms with Gasteiger partial charge in [-0.05, 0) is 30.6 Å². The van der Waals surface area contributed by atoms with Crippen LogP contribution >= 0.6 is 0 Å². The van der Waals surface area contributed by atoms with Crippen LogP contribution in [0.1, 0.15) is 33.3 Å². The van der Waals surface area contributed by atoms with Gasteiger partial charge in [-0.15, -0.1) is 0 Å². The molecule has 0 aliphatic heterocycles. The molecule has 1 rings (SSSR count). The third-order valence-electron chi connectivity index (χ3n) is 4.64. The first kappa shape index (κ1) is 20.3. The highest BCUT2D eigenvalue weighted by Gasteiger charge is 2.40.